The zero-order valence-electron chi connectivity index (χ0n) is 9.73. The molecule has 0 aromatic heterocycles. The van der Waals surface area contributed by atoms with Gasteiger partial charge in [-0.25, -0.2) is 4.39 Å². The first-order valence-corrected chi connectivity index (χ1v) is 6.27. The van der Waals surface area contributed by atoms with Crippen LogP contribution in [0.1, 0.15) is 18.6 Å². The van der Waals surface area contributed by atoms with Crippen LogP contribution in [-0.4, -0.2) is 5.11 Å². The van der Waals surface area contributed by atoms with Crippen LogP contribution in [0.15, 0.2) is 46.9 Å². The molecule has 0 amide bonds. The highest BCUT2D eigenvalue weighted by Gasteiger charge is 2.14. The minimum absolute atomic E-state index is 0.0607. The van der Waals surface area contributed by atoms with E-state index in [1.807, 2.05) is 6.07 Å². The van der Waals surface area contributed by atoms with Crippen molar-refractivity contribution in [2.75, 3.05) is 0 Å². The molecule has 1 N–H and O–H groups in total. The number of benzene rings is 2. The Morgan fingerprint density at radius 2 is 1.94 bits per heavy atom. The molecule has 18 heavy (non-hydrogen) atoms. The second kappa shape index (κ2) is 5.50. The van der Waals surface area contributed by atoms with E-state index in [-0.39, 0.29) is 5.75 Å². The van der Waals surface area contributed by atoms with E-state index in [0.29, 0.717) is 11.3 Å². The molecule has 0 spiro atoms. The summed E-state index contributed by atoms with van der Waals surface area (Å²) in [5.74, 6) is 0.0790. The third kappa shape index (κ3) is 2.89. The average Bonchev–Trinajstić information content (AvgIpc) is 2.31. The summed E-state index contributed by atoms with van der Waals surface area (Å²) in [4.78, 5) is 0. The molecule has 0 aliphatic carbocycles. The first kappa shape index (κ1) is 13.1. The Kier molecular flexibility index (Phi) is 3.99. The molecule has 2 aromatic carbocycles. The topological polar surface area (TPSA) is 29.5 Å². The van der Waals surface area contributed by atoms with Crippen LogP contribution in [0.5, 0.6) is 11.5 Å². The molecule has 4 heteroatoms. The fourth-order valence-corrected chi connectivity index (χ4v) is 1.99. The summed E-state index contributed by atoms with van der Waals surface area (Å²) < 4.78 is 20.1. The van der Waals surface area contributed by atoms with Gasteiger partial charge in [0.25, 0.3) is 0 Å². The summed E-state index contributed by atoms with van der Waals surface area (Å²) >= 11 is 3.32. The maximum atomic E-state index is 13.7. The second-order valence-corrected chi connectivity index (χ2v) is 4.81. The summed E-state index contributed by atoms with van der Waals surface area (Å²) in [6.45, 7) is 1.57. The molecule has 0 aliphatic rings. The number of rotatable bonds is 3. The largest absolute Gasteiger partial charge is 0.454 e. The van der Waals surface area contributed by atoms with Crippen LogP contribution in [0.2, 0.25) is 0 Å². The Labute approximate surface area is 113 Å². The van der Waals surface area contributed by atoms with Crippen molar-refractivity contribution in [1.82, 2.24) is 0 Å². The van der Waals surface area contributed by atoms with E-state index in [0.717, 1.165) is 4.47 Å². The molecule has 1 atom stereocenters. The maximum Gasteiger partial charge on any atom is 0.168 e. The minimum Gasteiger partial charge on any atom is -0.454 e. The number of hydrogen-bond donors (Lipinski definition) is 1. The molecular weight excluding hydrogens is 299 g/mol. The summed E-state index contributed by atoms with van der Waals surface area (Å²) in [6.07, 6.45) is -0.789. The van der Waals surface area contributed by atoms with Gasteiger partial charge in [0.05, 0.1) is 6.10 Å². The van der Waals surface area contributed by atoms with Gasteiger partial charge in [0.1, 0.15) is 5.75 Å². The van der Waals surface area contributed by atoms with Gasteiger partial charge in [-0.2, -0.15) is 0 Å². The number of halogens is 2. The molecule has 0 saturated carbocycles. The highest BCUT2D eigenvalue weighted by atomic mass is 79.9. The predicted molar refractivity (Wildman–Crippen MR) is 71.2 cm³/mol. The third-order valence-electron chi connectivity index (χ3n) is 2.46. The van der Waals surface area contributed by atoms with Gasteiger partial charge in [-0.15, -0.1) is 0 Å². The third-order valence-corrected chi connectivity index (χ3v) is 2.96. The van der Waals surface area contributed by atoms with Gasteiger partial charge in [0.15, 0.2) is 11.6 Å². The highest BCUT2D eigenvalue weighted by Crippen LogP contribution is 2.32. The zero-order valence-corrected chi connectivity index (χ0v) is 11.3. The Bertz CT molecular complexity index is 555. The van der Waals surface area contributed by atoms with Crippen molar-refractivity contribution in [2.24, 2.45) is 0 Å². The molecule has 2 nitrogen and oxygen atoms in total. The Balaban J connectivity index is 2.39. The lowest BCUT2D eigenvalue weighted by Crippen LogP contribution is -1.98. The summed E-state index contributed by atoms with van der Waals surface area (Å²) in [7, 11) is 0. The average molecular weight is 311 g/mol. The fraction of sp³-hybridized carbons (Fsp3) is 0.143. The van der Waals surface area contributed by atoms with Crippen molar-refractivity contribution in [1.29, 1.82) is 0 Å². The fourth-order valence-electron chi connectivity index (χ4n) is 1.61. The van der Waals surface area contributed by atoms with E-state index < -0.39 is 11.9 Å². The molecule has 0 radical (unpaired) electrons. The molecule has 94 valence electrons. The van der Waals surface area contributed by atoms with E-state index >= 15 is 0 Å². The SMILES string of the molecule is CC(O)c1cccc(F)c1Oc1cccc(Br)c1. The molecule has 0 saturated heterocycles. The van der Waals surface area contributed by atoms with E-state index in [1.165, 1.54) is 6.07 Å². The molecule has 0 bridgehead atoms. The van der Waals surface area contributed by atoms with Crippen molar-refractivity contribution in [2.45, 2.75) is 13.0 Å². The Morgan fingerprint density at radius 1 is 1.22 bits per heavy atom. The smallest absolute Gasteiger partial charge is 0.168 e. The van der Waals surface area contributed by atoms with Gasteiger partial charge < -0.3 is 9.84 Å². The van der Waals surface area contributed by atoms with E-state index in [9.17, 15) is 9.50 Å². The lowest BCUT2D eigenvalue weighted by molar-refractivity contribution is 0.194. The number of aliphatic hydroxyl groups is 1. The van der Waals surface area contributed by atoms with Crippen LogP contribution in [0.25, 0.3) is 0 Å². The van der Waals surface area contributed by atoms with E-state index in [2.05, 4.69) is 15.9 Å². The molecule has 2 aromatic rings. The molecule has 0 aliphatic heterocycles. The first-order valence-electron chi connectivity index (χ1n) is 5.48. The van der Waals surface area contributed by atoms with Crippen LogP contribution in [0.4, 0.5) is 4.39 Å². The molecule has 0 fully saturated rings. The second-order valence-electron chi connectivity index (χ2n) is 3.89. The predicted octanol–water partition coefficient (Wildman–Crippen LogP) is 4.43. The van der Waals surface area contributed by atoms with Crippen molar-refractivity contribution in [3.05, 3.63) is 58.3 Å². The molecular formula is C14H12BrFO2. The van der Waals surface area contributed by atoms with Gasteiger partial charge in [-0.05, 0) is 31.2 Å². The number of ether oxygens (including phenoxy) is 1. The normalized spacial score (nSPS) is 12.2. The first-order chi connectivity index (χ1) is 8.58. The Morgan fingerprint density at radius 3 is 2.61 bits per heavy atom. The van der Waals surface area contributed by atoms with Crippen LogP contribution in [0, 0.1) is 5.82 Å². The highest BCUT2D eigenvalue weighted by molar-refractivity contribution is 9.10. The monoisotopic (exact) mass is 310 g/mol. The Hall–Kier alpha value is -1.39. The molecule has 2 rings (SSSR count). The van der Waals surface area contributed by atoms with Crippen molar-refractivity contribution >= 4 is 15.9 Å². The summed E-state index contributed by atoms with van der Waals surface area (Å²) in [5, 5.41) is 9.61. The zero-order chi connectivity index (χ0) is 13.1. The van der Waals surface area contributed by atoms with Crippen LogP contribution in [0.3, 0.4) is 0 Å². The molecule has 1 unspecified atom stereocenters. The lowest BCUT2D eigenvalue weighted by atomic mass is 10.1. The number of aliphatic hydroxyl groups excluding tert-OH is 1. The number of para-hydroxylation sites is 1. The van der Waals surface area contributed by atoms with Crippen LogP contribution >= 0.6 is 15.9 Å². The van der Waals surface area contributed by atoms with E-state index in [1.54, 1.807) is 37.3 Å². The van der Waals surface area contributed by atoms with Gasteiger partial charge in [-0.3, -0.25) is 0 Å². The van der Waals surface area contributed by atoms with Crippen molar-refractivity contribution in [3.8, 4) is 11.5 Å². The molecule has 0 heterocycles. The van der Waals surface area contributed by atoms with Gasteiger partial charge >= 0.3 is 0 Å². The number of hydrogen-bond acceptors (Lipinski definition) is 2. The standard InChI is InChI=1S/C14H12BrFO2/c1-9(17)12-6-3-7-13(16)14(12)18-11-5-2-4-10(15)8-11/h2-9,17H,1H3. The van der Waals surface area contributed by atoms with Gasteiger partial charge in [0.2, 0.25) is 0 Å². The lowest BCUT2D eigenvalue weighted by Gasteiger charge is -2.14. The maximum absolute atomic E-state index is 13.7. The van der Waals surface area contributed by atoms with Crippen molar-refractivity contribution in [3.63, 3.8) is 0 Å². The van der Waals surface area contributed by atoms with Gasteiger partial charge in [-0.1, -0.05) is 34.1 Å². The summed E-state index contributed by atoms with van der Waals surface area (Å²) in [5.41, 5.74) is 0.426. The van der Waals surface area contributed by atoms with Crippen LogP contribution < -0.4 is 4.74 Å². The quantitative estimate of drug-likeness (QED) is 0.908. The van der Waals surface area contributed by atoms with E-state index in [4.69, 9.17) is 4.74 Å². The minimum atomic E-state index is -0.789. The summed E-state index contributed by atoms with van der Waals surface area (Å²) in [6, 6.07) is 11.6. The van der Waals surface area contributed by atoms with Crippen molar-refractivity contribution < 1.29 is 14.2 Å². The van der Waals surface area contributed by atoms with Gasteiger partial charge in [0, 0.05) is 10.0 Å². The van der Waals surface area contributed by atoms with Crippen LogP contribution in [-0.2, 0) is 0 Å².